The van der Waals surface area contributed by atoms with E-state index in [-0.39, 0.29) is 12.2 Å². The molecule has 0 saturated heterocycles. The zero-order valence-electron chi connectivity index (χ0n) is 33.1. The van der Waals surface area contributed by atoms with Crippen LogP contribution in [-0.4, -0.2) is 15.0 Å². The summed E-state index contributed by atoms with van der Waals surface area (Å²) in [5.41, 5.74) is 12.0. The van der Waals surface area contributed by atoms with E-state index >= 15 is 0 Å². The van der Waals surface area contributed by atoms with Crippen LogP contribution in [0.15, 0.2) is 212 Å². The Hall–Kier alpha value is -7.51. The normalized spacial score (nSPS) is 15.0. The molecule has 11 rings (SSSR count). The highest BCUT2D eigenvalue weighted by Gasteiger charge is 2.20. The highest BCUT2D eigenvalue weighted by molar-refractivity contribution is 7.26. The van der Waals surface area contributed by atoms with Crippen molar-refractivity contribution in [1.29, 1.82) is 0 Å². The zero-order chi connectivity index (χ0) is 40.5. The second kappa shape index (κ2) is 15.9. The fraction of sp³-hybridized carbons (Fsp3) is 0.0364. The van der Waals surface area contributed by atoms with Crippen molar-refractivity contribution in [3.05, 3.63) is 234 Å². The molecule has 1 N–H and O–H groups in total. The van der Waals surface area contributed by atoms with Gasteiger partial charge in [0.1, 0.15) is 0 Å². The average Bonchev–Trinajstić information content (AvgIpc) is 3.74. The van der Waals surface area contributed by atoms with Gasteiger partial charge in [-0.2, -0.15) is 0 Å². The van der Waals surface area contributed by atoms with Crippen LogP contribution in [-0.2, 0) is 0 Å². The van der Waals surface area contributed by atoms with Gasteiger partial charge >= 0.3 is 0 Å². The van der Waals surface area contributed by atoms with Gasteiger partial charge in [0.25, 0.3) is 0 Å². The molecular formula is C55H38N5S-. The number of hydrogen-bond acceptors (Lipinski definition) is 5. The Morgan fingerprint density at radius 3 is 1.62 bits per heavy atom. The number of fused-ring (bicyclic) bond motifs is 3. The number of benzene rings is 8. The van der Waals surface area contributed by atoms with Gasteiger partial charge in [0, 0.05) is 42.6 Å². The first-order chi connectivity index (χ1) is 30.2. The van der Waals surface area contributed by atoms with Gasteiger partial charge in [-0.15, -0.1) is 11.3 Å². The third-order valence-electron chi connectivity index (χ3n) is 11.3. The average molecular weight is 801 g/mol. The summed E-state index contributed by atoms with van der Waals surface area (Å²) in [7, 11) is 0. The predicted molar refractivity (Wildman–Crippen MR) is 253 cm³/mol. The molecule has 0 spiro atoms. The molecule has 0 bridgehead atoms. The van der Waals surface area contributed by atoms with Gasteiger partial charge in [0.2, 0.25) is 0 Å². The number of rotatable bonds is 8. The molecule has 1 aliphatic rings. The summed E-state index contributed by atoms with van der Waals surface area (Å²) < 4.78 is 2.50. The molecule has 3 heterocycles. The van der Waals surface area contributed by atoms with Crippen molar-refractivity contribution in [1.82, 2.24) is 20.3 Å². The van der Waals surface area contributed by atoms with Crippen molar-refractivity contribution >= 4 is 37.2 Å². The zero-order valence-corrected chi connectivity index (χ0v) is 33.9. The van der Waals surface area contributed by atoms with Crippen LogP contribution < -0.4 is 5.32 Å². The van der Waals surface area contributed by atoms with Crippen LogP contribution in [0.5, 0.6) is 0 Å². The first-order valence-electron chi connectivity index (χ1n) is 20.5. The minimum absolute atomic E-state index is 0.0805. The number of aromatic nitrogens is 3. The molecule has 8 aromatic carbocycles. The second-order valence-corrected chi connectivity index (χ2v) is 16.3. The molecular weight excluding hydrogens is 763 g/mol. The molecule has 1 aliphatic heterocycles. The summed E-state index contributed by atoms with van der Waals surface area (Å²) in [5, 5.41) is 11.6. The molecule has 2 atom stereocenters. The van der Waals surface area contributed by atoms with E-state index in [4.69, 9.17) is 20.3 Å². The molecule has 0 saturated carbocycles. The molecule has 6 heteroatoms. The van der Waals surface area contributed by atoms with Crippen molar-refractivity contribution in [2.45, 2.75) is 12.2 Å². The van der Waals surface area contributed by atoms with Crippen molar-refractivity contribution in [3.8, 4) is 56.4 Å². The van der Waals surface area contributed by atoms with Crippen molar-refractivity contribution in [2.24, 2.45) is 0 Å². The maximum absolute atomic E-state index is 5.36. The van der Waals surface area contributed by atoms with E-state index in [1.165, 1.54) is 36.9 Å². The Morgan fingerprint density at radius 2 is 0.934 bits per heavy atom. The van der Waals surface area contributed by atoms with Crippen LogP contribution >= 0.6 is 11.3 Å². The lowest BCUT2D eigenvalue weighted by molar-refractivity contribution is 0.664. The summed E-state index contributed by atoms with van der Waals surface area (Å²) in [4.78, 5) is 15.0. The number of thiophene rings is 1. The minimum atomic E-state index is -0.231. The number of nitrogens with zero attached hydrogens (tertiary/aromatic N) is 4. The van der Waals surface area contributed by atoms with Crippen LogP contribution in [0.25, 0.3) is 87.6 Å². The van der Waals surface area contributed by atoms with Crippen molar-refractivity contribution in [2.75, 3.05) is 0 Å². The van der Waals surface area contributed by atoms with Crippen LogP contribution in [0, 0.1) is 0 Å². The van der Waals surface area contributed by atoms with E-state index in [0.717, 1.165) is 44.6 Å². The molecule has 0 aliphatic carbocycles. The predicted octanol–water partition coefficient (Wildman–Crippen LogP) is 14.3. The van der Waals surface area contributed by atoms with E-state index < -0.39 is 0 Å². The lowest BCUT2D eigenvalue weighted by atomic mass is 9.93. The molecule has 0 fully saturated rings. The Kier molecular flexibility index (Phi) is 9.54. The quantitative estimate of drug-likeness (QED) is 0.166. The fourth-order valence-electron chi connectivity index (χ4n) is 8.33. The summed E-state index contributed by atoms with van der Waals surface area (Å²) in [6.07, 6.45) is 2.01. The van der Waals surface area contributed by atoms with Gasteiger partial charge in [0.15, 0.2) is 17.5 Å². The highest BCUT2D eigenvalue weighted by Crippen LogP contribution is 2.46. The van der Waals surface area contributed by atoms with E-state index in [0.29, 0.717) is 17.5 Å². The van der Waals surface area contributed by atoms with Gasteiger partial charge in [-0.05, 0) is 51.7 Å². The van der Waals surface area contributed by atoms with Gasteiger partial charge in [-0.1, -0.05) is 212 Å². The first kappa shape index (κ1) is 36.6. The summed E-state index contributed by atoms with van der Waals surface area (Å²) >= 11 is 1.85. The summed E-state index contributed by atoms with van der Waals surface area (Å²) in [6, 6.07) is 72.1. The molecule has 5 nitrogen and oxygen atoms in total. The van der Waals surface area contributed by atoms with Gasteiger partial charge in [-0.3, -0.25) is 0 Å². The minimum Gasteiger partial charge on any atom is -0.629 e. The van der Waals surface area contributed by atoms with Crippen molar-refractivity contribution in [3.63, 3.8) is 0 Å². The van der Waals surface area contributed by atoms with E-state index in [1.807, 2.05) is 72.0 Å². The molecule has 0 radical (unpaired) electrons. The van der Waals surface area contributed by atoms with Crippen LogP contribution in [0.1, 0.15) is 28.9 Å². The Labute approximate surface area is 358 Å². The first-order valence-corrected chi connectivity index (χ1v) is 21.3. The van der Waals surface area contributed by atoms with Crippen LogP contribution in [0.4, 0.5) is 0 Å². The van der Waals surface area contributed by atoms with Crippen molar-refractivity contribution < 1.29 is 0 Å². The van der Waals surface area contributed by atoms with Crippen LogP contribution in [0.3, 0.4) is 0 Å². The summed E-state index contributed by atoms with van der Waals surface area (Å²) in [6.45, 7) is 0. The maximum Gasteiger partial charge on any atom is 0.164 e. The SMILES string of the molecule is C1=C(c2ccccc2)NC(c2cccc(-c3ccc(-c4cccc(-c5nc(-c6ccccc6)nc(-c6ccccc6)n5)c4)c4c3sc3ccccc34)c2)[N-]C1c1ccccc1. The Balaban J connectivity index is 1.00. The standard InChI is InChI=1S/C55H38N5S/c1-5-17-36(18-6-1)47-35-48(37-19-7-2-8-20-37)57-54(56-47)42-27-16-26-41(34-42)45-32-31-44(50-46-29-13-14-30-49(46)61-51(45)50)40-25-15-28-43(33-40)55-59-52(38-21-9-3-10-22-38)58-53(60-55)39-23-11-4-12-24-39/h1-35,47,54,57H/q-1. The molecule has 61 heavy (non-hydrogen) atoms. The van der Waals surface area contributed by atoms with Gasteiger partial charge in [0.05, 0.1) is 0 Å². The maximum atomic E-state index is 5.36. The highest BCUT2D eigenvalue weighted by atomic mass is 32.1. The third kappa shape index (κ3) is 7.18. The molecule has 290 valence electrons. The van der Waals surface area contributed by atoms with E-state index in [2.05, 4.69) is 157 Å². The lowest BCUT2D eigenvalue weighted by Crippen LogP contribution is -2.25. The number of hydrogen-bond donors (Lipinski definition) is 1. The number of nitrogens with one attached hydrogen (secondary N) is 1. The van der Waals surface area contributed by atoms with E-state index in [1.54, 1.807) is 0 Å². The Bertz CT molecular complexity index is 3140. The Morgan fingerprint density at radius 1 is 0.426 bits per heavy atom. The third-order valence-corrected chi connectivity index (χ3v) is 12.5. The molecule has 2 unspecified atom stereocenters. The van der Waals surface area contributed by atoms with Gasteiger partial charge < -0.3 is 10.6 Å². The van der Waals surface area contributed by atoms with Crippen LogP contribution in [0.2, 0.25) is 0 Å². The smallest absolute Gasteiger partial charge is 0.164 e. The summed E-state index contributed by atoms with van der Waals surface area (Å²) in [5.74, 6) is 1.93. The topological polar surface area (TPSA) is 64.8 Å². The molecule has 10 aromatic rings. The van der Waals surface area contributed by atoms with E-state index in [9.17, 15) is 0 Å². The lowest BCUT2D eigenvalue weighted by Gasteiger charge is -2.45. The fourth-order valence-corrected chi connectivity index (χ4v) is 9.59. The monoisotopic (exact) mass is 800 g/mol. The molecule has 0 amide bonds. The largest absolute Gasteiger partial charge is 0.629 e. The second-order valence-electron chi connectivity index (χ2n) is 15.2. The van der Waals surface area contributed by atoms with Gasteiger partial charge in [-0.25, -0.2) is 15.0 Å². The molecule has 2 aromatic heterocycles.